The fourth-order valence-electron chi connectivity index (χ4n) is 1.21. The van der Waals surface area contributed by atoms with Crippen LogP contribution in [-0.4, -0.2) is 10.2 Å². The molecule has 0 unspecified atom stereocenters. The molecule has 2 aromatic rings. The van der Waals surface area contributed by atoms with Gasteiger partial charge in [0, 0.05) is 8.95 Å². The van der Waals surface area contributed by atoms with Gasteiger partial charge in [0.25, 0.3) is 0 Å². The summed E-state index contributed by atoms with van der Waals surface area (Å²) in [4.78, 5) is 0. The number of aryl methyl sites for hydroxylation is 1. The van der Waals surface area contributed by atoms with E-state index in [0.29, 0.717) is 0 Å². The van der Waals surface area contributed by atoms with Crippen LogP contribution in [0.3, 0.4) is 0 Å². The van der Waals surface area contributed by atoms with E-state index in [-0.39, 0.29) is 12.0 Å². The summed E-state index contributed by atoms with van der Waals surface area (Å²) in [6, 6.07) is 4.24. The average molecular weight is 348 g/mol. The molecule has 0 saturated carbocycles. The van der Waals surface area contributed by atoms with Gasteiger partial charge in [0.1, 0.15) is 0 Å². The Labute approximate surface area is 109 Å². The Hall–Kier alpha value is -1.08. The van der Waals surface area contributed by atoms with Gasteiger partial charge in [-0.15, -0.1) is 0 Å². The average Bonchev–Trinajstić information content (AvgIpc) is 2.58. The first-order valence-electron chi connectivity index (χ1n) is 4.38. The van der Waals surface area contributed by atoms with E-state index in [1.54, 1.807) is 0 Å². The summed E-state index contributed by atoms with van der Waals surface area (Å²) in [5, 5.41) is 10.3. The van der Waals surface area contributed by atoms with Gasteiger partial charge >= 0.3 is 12.0 Å². The van der Waals surface area contributed by atoms with Crippen LogP contribution in [0.2, 0.25) is 0 Å². The molecule has 2 rings (SSSR count). The highest BCUT2D eigenvalue weighted by molar-refractivity contribution is 9.11. The molecule has 0 radical (unpaired) electrons. The van der Waals surface area contributed by atoms with E-state index in [4.69, 9.17) is 10.2 Å². The number of aromatic nitrogens is 2. The van der Waals surface area contributed by atoms with Crippen molar-refractivity contribution in [3.05, 3.63) is 26.6 Å². The molecule has 0 spiro atoms. The highest BCUT2D eigenvalue weighted by Gasteiger charge is 2.10. The topological polar surface area (TPSA) is 77.0 Å². The number of rotatable bonds is 2. The fraction of sp³-hybridized carbons (Fsp3) is 0.111. The highest BCUT2D eigenvalue weighted by atomic mass is 79.9. The molecule has 0 amide bonds. The molecule has 16 heavy (non-hydrogen) atoms. The summed E-state index contributed by atoms with van der Waals surface area (Å²) in [5.74, 6) is 0. The lowest BCUT2D eigenvalue weighted by Gasteiger charge is -2.08. The number of hydrogen-bond donors (Lipinski definition) is 2. The normalized spacial score (nSPS) is 10.4. The zero-order chi connectivity index (χ0) is 11.7. The van der Waals surface area contributed by atoms with E-state index in [0.717, 1.165) is 20.2 Å². The van der Waals surface area contributed by atoms with E-state index >= 15 is 0 Å². The van der Waals surface area contributed by atoms with Crippen LogP contribution in [0.5, 0.6) is 0 Å². The molecule has 1 aromatic carbocycles. The number of benzene rings is 1. The van der Waals surface area contributed by atoms with Gasteiger partial charge in [-0.3, -0.25) is 0 Å². The molecule has 1 heterocycles. The first-order chi connectivity index (χ1) is 7.56. The van der Waals surface area contributed by atoms with Crippen LogP contribution in [0.25, 0.3) is 0 Å². The molecule has 84 valence electrons. The minimum absolute atomic E-state index is 0.0295. The number of nitrogen functional groups attached to an aromatic ring is 1. The summed E-state index contributed by atoms with van der Waals surface area (Å²) in [6.07, 6.45) is 0. The quantitative estimate of drug-likeness (QED) is 0.872. The van der Waals surface area contributed by atoms with Crippen LogP contribution in [0.4, 0.5) is 17.7 Å². The number of nitrogens with two attached hydrogens (primary N) is 1. The maximum Gasteiger partial charge on any atom is 0.321 e. The van der Waals surface area contributed by atoms with Crippen molar-refractivity contribution < 1.29 is 4.42 Å². The van der Waals surface area contributed by atoms with Crippen molar-refractivity contribution in [3.63, 3.8) is 0 Å². The van der Waals surface area contributed by atoms with Gasteiger partial charge in [-0.1, -0.05) is 10.2 Å². The van der Waals surface area contributed by atoms with Gasteiger partial charge in [0.05, 0.1) is 5.69 Å². The summed E-state index contributed by atoms with van der Waals surface area (Å²) >= 11 is 6.90. The summed E-state index contributed by atoms with van der Waals surface area (Å²) < 4.78 is 6.83. The van der Waals surface area contributed by atoms with Crippen molar-refractivity contribution in [1.82, 2.24) is 10.2 Å². The number of halogens is 2. The Morgan fingerprint density at radius 3 is 2.38 bits per heavy atom. The Morgan fingerprint density at radius 2 is 1.88 bits per heavy atom. The lowest BCUT2D eigenvalue weighted by atomic mass is 10.2. The number of hydrogen-bond acceptors (Lipinski definition) is 5. The summed E-state index contributed by atoms with van der Waals surface area (Å²) in [5.41, 5.74) is 7.28. The number of anilines is 3. The van der Waals surface area contributed by atoms with Crippen molar-refractivity contribution in [1.29, 1.82) is 0 Å². The summed E-state index contributed by atoms with van der Waals surface area (Å²) in [6.45, 7) is 2.00. The predicted octanol–water partition coefficient (Wildman–Crippen LogP) is 3.23. The van der Waals surface area contributed by atoms with E-state index in [1.165, 1.54) is 0 Å². The second-order valence-electron chi connectivity index (χ2n) is 3.17. The third-order valence-corrected chi connectivity index (χ3v) is 3.11. The Morgan fingerprint density at radius 1 is 1.25 bits per heavy atom. The molecule has 0 aliphatic rings. The molecule has 1 aromatic heterocycles. The molecule has 0 aliphatic heterocycles. The van der Waals surface area contributed by atoms with Crippen LogP contribution >= 0.6 is 31.9 Å². The van der Waals surface area contributed by atoms with E-state index in [1.807, 2.05) is 19.1 Å². The van der Waals surface area contributed by atoms with Gasteiger partial charge in [0.2, 0.25) is 0 Å². The molecule has 5 nitrogen and oxygen atoms in total. The van der Waals surface area contributed by atoms with Crippen LogP contribution < -0.4 is 11.1 Å². The maximum absolute atomic E-state index is 5.33. The first-order valence-corrected chi connectivity index (χ1v) is 5.96. The van der Waals surface area contributed by atoms with Crippen molar-refractivity contribution >= 4 is 49.6 Å². The third kappa shape index (κ3) is 2.35. The van der Waals surface area contributed by atoms with E-state index in [9.17, 15) is 0 Å². The van der Waals surface area contributed by atoms with Crippen molar-refractivity contribution in [2.45, 2.75) is 6.92 Å². The van der Waals surface area contributed by atoms with Crippen LogP contribution in [0, 0.1) is 6.92 Å². The molecular weight excluding hydrogens is 340 g/mol. The lowest BCUT2D eigenvalue weighted by Crippen LogP contribution is -1.93. The Balaban J connectivity index is 2.34. The third-order valence-electron chi connectivity index (χ3n) is 1.86. The van der Waals surface area contributed by atoms with Gasteiger partial charge in [-0.05, 0) is 56.5 Å². The molecule has 0 bridgehead atoms. The second kappa shape index (κ2) is 4.42. The number of nitrogens with one attached hydrogen (secondary N) is 1. The monoisotopic (exact) mass is 346 g/mol. The van der Waals surface area contributed by atoms with Crippen molar-refractivity contribution in [3.8, 4) is 0 Å². The molecule has 0 aliphatic carbocycles. The van der Waals surface area contributed by atoms with Crippen LogP contribution in [0.1, 0.15) is 5.56 Å². The molecule has 0 saturated heterocycles. The maximum atomic E-state index is 5.33. The Kier molecular flexibility index (Phi) is 3.15. The smallest absolute Gasteiger partial charge is 0.321 e. The molecule has 3 N–H and O–H groups in total. The lowest BCUT2D eigenvalue weighted by molar-refractivity contribution is 0.593. The van der Waals surface area contributed by atoms with E-state index in [2.05, 4.69) is 47.4 Å². The summed E-state index contributed by atoms with van der Waals surface area (Å²) in [7, 11) is 0. The molecule has 7 heteroatoms. The number of nitrogens with zero attached hydrogens (tertiary/aromatic N) is 2. The minimum Gasteiger partial charge on any atom is -0.389 e. The SMILES string of the molecule is Cc1cc(Br)c(Nc2nnc(N)o2)c(Br)c1. The molecular formula is C9H8Br2N4O. The highest BCUT2D eigenvalue weighted by Crippen LogP contribution is 2.34. The van der Waals surface area contributed by atoms with Crippen molar-refractivity contribution in [2.24, 2.45) is 0 Å². The molecule has 0 fully saturated rings. The van der Waals surface area contributed by atoms with Crippen molar-refractivity contribution in [2.75, 3.05) is 11.1 Å². The van der Waals surface area contributed by atoms with Gasteiger partial charge < -0.3 is 15.5 Å². The largest absolute Gasteiger partial charge is 0.389 e. The Bertz CT molecular complexity index is 503. The fourth-order valence-corrected chi connectivity index (χ4v) is 2.82. The second-order valence-corrected chi connectivity index (χ2v) is 4.88. The minimum atomic E-state index is 0.0295. The van der Waals surface area contributed by atoms with Gasteiger partial charge in [-0.2, -0.15) is 0 Å². The van der Waals surface area contributed by atoms with Crippen LogP contribution in [0.15, 0.2) is 25.5 Å². The molecule has 0 atom stereocenters. The van der Waals surface area contributed by atoms with Gasteiger partial charge in [-0.25, -0.2) is 0 Å². The standard InChI is InChI=1S/C9H8Br2N4O/c1-4-2-5(10)7(6(11)3-4)13-9-15-14-8(12)16-9/h2-3H,1H3,(H2,12,14)(H,13,15). The zero-order valence-electron chi connectivity index (χ0n) is 8.29. The first kappa shape index (κ1) is 11.4. The zero-order valence-corrected chi connectivity index (χ0v) is 11.5. The van der Waals surface area contributed by atoms with E-state index < -0.39 is 0 Å². The predicted molar refractivity (Wildman–Crippen MR) is 68.6 cm³/mol. The van der Waals surface area contributed by atoms with Gasteiger partial charge in [0.15, 0.2) is 0 Å². The van der Waals surface area contributed by atoms with Crippen LogP contribution in [-0.2, 0) is 0 Å².